The van der Waals surface area contributed by atoms with Crippen LogP contribution in [0.5, 0.6) is 0 Å². The van der Waals surface area contributed by atoms with Gasteiger partial charge in [-0.25, -0.2) is 9.59 Å². The molecule has 1 heterocycles. The zero-order valence-corrected chi connectivity index (χ0v) is 37.1. The standard InChI is InChI=1S/C44H65N11O9/c1-5-27(2)36-40(60)50-31(22-21-28-15-8-6-9-16-28)37(57)51-33(26-35(56)47-3)41(61)55(4)34(25-29-17-10-7-11-18-29)39(59)48-23-13-12-19-30(38(58)54-36)52-44(64)53-32(42(62)63)20-14-24-49-43(45)46/h6-11,15-18,27,30-34,36H,5,12-14,19-26H2,1-4H3,(H,47,56)(H,48,59)(H,50,60)(H,51,57)(H,54,58)(H,62,63)(H4,45,46,49)(H2,52,53,64)/t27?,30?,31?,32-,33?,34?,36?/m0/s1. The molecule has 7 atom stereocenters. The first-order valence-corrected chi connectivity index (χ1v) is 21.6. The number of likely N-dealkylation sites (N-methyl/N-ethyl adjacent to an activating group) is 1. The van der Waals surface area contributed by atoms with E-state index >= 15 is 0 Å². The van der Waals surface area contributed by atoms with Gasteiger partial charge in [0.25, 0.3) is 0 Å². The first-order chi connectivity index (χ1) is 30.5. The van der Waals surface area contributed by atoms with Crippen LogP contribution < -0.4 is 48.7 Å². The Labute approximate surface area is 373 Å². The summed E-state index contributed by atoms with van der Waals surface area (Å²) in [6, 6.07) is 9.60. The molecular formula is C44H65N11O9. The molecule has 1 saturated heterocycles. The van der Waals surface area contributed by atoms with E-state index in [1.54, 1.807) is 31.2 Å². The Balaban J connectivity index is 2.04. The summed E-state index contributed by atoms with van der Waals surface area (Å²) in [6.45, 7) is 3.77. The van der Waals surface area contributed by atoms with E-state index in [0.717, 1.165) is 11.1 Å². The second-order valence-corrected chi connectivity index (χ2v) is 15.8. The normalized spacial score (nSPS) is 21.5. The summed E-state index contributed by atoms with van der Waals surface area (Å²) in [7, 11) is 2.81. The Kier molecular flexibility index (Phi) is 21.5. The topological polar surface area (TPSA) is 309 Å². The van der Waals surface area contributed by atoms with Gasteiger partial charge in [0.1, 0.15) is 36.3 Å². The molecule has 2 aromatic carbocycles. The molecular weight excluding hydrogens is 827 g/mol. The minimum absolute atomic E-state index is 0.0152. The molecule has 0 radical (unpaired) electrons. The predicted octanol–water partition coefficient (Wildman–Crippen LogP) is -0.200. The lowest BCUT2D eigenvalue weighted by Crippen LogP contribution is -2.61. The second-order valence-electron chi connectivity index (χ2n) is 15.8. The first-order valence-electron chi connectivity index (χ1n) is 21.6. The molecule has 350 valence electrons. The third kappa shape index (κ3) is 17.2. The highest BCUT2D eigenvalue weighted by molar-refractivity contribution is 5.98. The number of carbonyl (C=O) groups excluding carboxylic acids is 7. The number of nitrogens with two attached hydrogens (primary N) is 2. The van der Waals surface area contributed by atoms with Gasteiger partial charge in [-0.1, -0.05) is 80.9 Å². The van der Waals surface area contributed by atoms with Crippen molar-refractivity contribution in [2.75, 3.05) is 27.2 Å². The van der Waals surface area contributed by atoms with Gasteiger partial charge in [0.15, 0.2) is 5.96 Å². The SMILES string of the molecule is CCC(C)C1NC(=O)C(NC(=O)N[C@@H](CCCN=C(N)N)C(=O)O)CCCCNC(=O)C(Cc2ccccc2)N(C)C(=O)C(CC(=O)NC)NC(=O)C(CCc2ccccc2)NC1=O. The monoisotopic (exact) mass is 891 g/mol. The minimum Gasteiger partial charge on any atom is -0.480 e. The highest BCUT2D eigenvalue weighted by atomic mass is 16.4. The number of nitrogens with one attached hydrogen (secondary N) is 7. The van der Waals surface area contributed by atoms with Gasteiger partial charge in [0.2, 0.25) is 35.4 Å². The molecule has 20 nitrogen and oxygen atoms in total. The van der Waals surface area contributed by atoms with E-state index in [-0.39, 0.29) is 57.6 Å². The smallest absolute Gasteiger partial charge is 0.326 e. The highest BCUT2D eigenvalue weighted by Gasteiger charge is 2.37. The summed E-state index contributed by atoms with van der Waals surface area (Å²) < 4.78 is 0. The van der Waals surface area contributed by atoms with E-state index in [1.165, 1.54) is 19.0 Å². The number of aryl methyl sites for hydroxylation is 1. The van der Waals surface area contributed by atoms with Crippen LogP contribution in [0.4, 0.5) is 4.79 Å². The van der Waals surface area contributed by atoms with Crippen molar-refractivity contribution in [3.8, 4) is 0 Å². The number of carboxylic acids is 1. The van der Waals surface area contributed by atoms with Crippen molar-refractivity contribution in [3.05, 3.63) is 71.8 Å². The zero-order valence-electron chi connectivity index (χ0n) is 37.1. The van der Waals surface area contributed by atoms with Gasteiger partial charge in [0.05, 0.1) is 6.42 Å². The van der Waals surface area contributed by atoms with Gasteiger partial charge in [-0.3, -0.25) is 33.8 Å². The number of benzene rings is 2. The number of carbonyl (C=O) groups is 8. The number of hydrogen-bond acceptors (Lipinski definition) is 9. The molecule has 20 heteroatoms. The van der Waals surface area contributed by atoms with Crippen molar-refractivity contribution in [3.63, 3.8) is 0 Å². The van der Waals surface area contributed by atoms with Crippen molar-refractivity contribution in [2.24, 2.45) is 22.4 Å². The number of rotatable bonds is 16. The summed E-state index contributed by atoms with van der Waals surface area (Å²) in [6.07, 6.45) is 1.21. The molecule has 1 aliphatic rings. The fourth-order valence-corrected chi connectivity index (χ4v) is 7.03. The number of urea groups is 1. The van der Waals surface area contributed by atoms with Crippen LogP contribution >= 0.6 is 0 Å². The Hall–Kier alpha value is -6.73. The van der Waals surface area contributed by atoms with Crippen molar-refractivity contribution < 1.29 is 43.5 Å². The van der Waals surface area contributed by atoms with Gasteiger partial charge in [-0.15, -0.1) is 0 Å². The number of nitrogens with zero attached hydrogens (tertiary/aromatic N) is 2. The summed E-state index contributed by atoms with van der Waals surface area (Å²) in [5.74, 6) is -6.00. The molecule has 6 unspecified atom stereocenters. The van der Waals surface area contributed by atoms with Crippen molar-refractivity contribution in [2.45, 2.75) is 114 Å². The van der Waals surface area contributed by atoms with Crippen LogP contribution in [0.25, 0.3) is 0 Å². The summed E-state index contributed by atoms with van der Waals surface area (Å²) in [5.41, 5.74) is 12.3. The van der Waals surface area contributed by atoms with Gasteiger partial charge in [-0.05, 0) is 62.0 Å². The van der Waals surface area contributed by atoms with Crippen molar-refractivity contribution in [1.82, 2.24) is 42.1 Å². The first kappa shape index (κ1) is 51.6. The fraction of sp³-hybridized carbons (Fsp3) is 0.523. The fourth-order valence-electron chi connectivity index (χ4n) is 7.03. The van der Waals surface area contributed by atoms with E-state index in [2.05, 4.69) is 42.2 Å². The third-order valence-corrected chi connectivity index (χ3v) is 11.1. The van der Waals surface area contributed by atoms with E-state index in [4.69, 9.17) is 11.5 Å². The lowest BCUT2D eigenvalue weighted by Gasteiger charge is -2.32. The van der Waals surface area contributed by atoms with Crippen LogP contribution in [0.1, 0.15) is 76.3 Å². The van der Waals surface area contributed by atoms with Gasteiger partial charge in [0, 0.05) is 33.6 Å². The van der Waals surface area contributed by atoms with Crippen LogP contribution in [0.3, 0.4) is 0 Å². The average Bonchev–Trinajstić information content (AvgIpc) is 3.27. The van der Waals surface area contributed by atoms with Crippen molar-refractivity contribution in [1.29, 1.82) is 0 Å². The number of aliphatic imine (C=N–C) groups is 1. The van der Waals surface area contributed by atoms with Crippen molar-refractivity contribution >= 4 is 53.4 Å². The number of carboxylic acid groups (broad SMARTS) is 1. The number of guanidine groups is 1. The van der Waals surface area contributed by atoms with Crippen LogP contribution in [-0.4, -0.2) is 127 Å². The van der Waals surface area contributed by atoms with E-state index in [0.29, 0.717) is 19.3 Å². The number of aliphatic carboxylic acids is 1. The molecule has 0 aromatic heterocycles. The van der Waals surface area contributed by atoms with Crippen LogP contribution in [-0.2, 0) is 46.4 Å². The van der Waals surface area contributed by atoms with E-state index in [9.17, 15) is 43.5 Å². The number of amides is 8. The third-order valence-electron chi connectivity index (χ3n) is 11.1. The quantitative estimate of drug-likeness (QED) is 0.0598. The molecule has 3 rings (SSSR count). The molecule has 0 bridgehead atoms. The molecule has 64 heavy (non-hydrogen) atoms. The predicted molar refractivity (Wildman–Crippen MR) is 239 cm³/mol. The highest BCUT2D eigenvalue weighted by Crippen LogP contribution is 2.15. The summed E-state index contributed by atoms with van der Waals surface area (Å²) in [4.78, 5) is 114. The molecule has 12 N–H and O–H groups in total. The van der Waals surface area contributed by atoms with Crippen LogP contribution in [0.15, 0.2) is 65.7 Å². The maximum atomic E-state index is 14.3. The Bertz CT molecular complexity index is 1910. The molecule has 0 aliphatic carbocycles. The number of hydrogen-bond donors (Lipinski definition) is 10. The molecule has 0 saturated carbocycles. The average molecular weight is 892 g/mol. The summed E-state index contributed by atoms with van der Waals surface area (Å²) in [5, 5.41) is 28.3. The largest absolute Gasteiger partial charge is 0.480 e. The van der Waals surface area contributed by atoms with Gasteiger partial charge < -0.3 is 58.7 Å². The molecule has 1 aliphatic heterocycles. The lowest BCUT2D eigenvalue weighted by molar-refractivity contribution is -0.143. The van der Waals surface area contributed by atoms with Crippen LogP contribution in [0.2, 0.25) is 0 Å². The Morgan fingerprint density at radius 1 is 0.875 bits per heavy atom. The molecule has 2 aromatic rings. The van der Waals surface area contributed by atoms with E-state index < -0.39 is 96.0 Å². The lowest BCUT2D eigenvalue weighted by atomic mass is 9.96. The summed E-state index contributed by atoms with van der Waals surface area (Å²) >= 11 is 0. The molecule has 0 spiro atoms. The van der Waals surface area contributed by atoms with Gasteiger partial charge in [-0.2, -0.15) is 0 Å². The zero-order chi connectivity index (χ0) is 47.2. The Morgan fingerprint density at radius 3 is 2.12 bits per heavy atom. The van der Waals surface area contributed by atoms with E-state index in [1.807, 2.05) is 43.3 Å². The van der Waals surface area contributed by atoms with Gasteiger partial charge >= 0.3 is 12.0 Å². The maximum absolute atomic E-state index is 14.3. The second kappa shape index (κ2) is 26.7. The Morgan fingerprint density at radius 2 is 1.52 bits per heavy atom. The molecule has 1 fully saturated rings. The minimum atomic E-state index is -1.44. The molecule has 8 amide bonds. The maximum Gasteiger partial charge on any atom is 0.326 e. The van der Waals surface area contributed by atoms with Crippen LogP contribution in [0, 0.1) is 5.92 Å².